The molecule has 0 saturated carbocycles. The van der Waals surface area contributed by atoms with Gasteiger partial charge in [-0.1, -0.05) is 12.1 Å². The van der Waals surface area contributed by atoms with E-state index in [9.17, 15) is 17.9 Å². The summed E-state index contributed by atoms with van der Waals surface area (Å²) < 4.78 is 39.2. The highest BCUT2D eigenvalue weighted by atomic mass is 32.2. The van der Waals surface area contributed by atoms with Crippen LogP contribution in [0.15, 0.2) is 40.6 Å². The highest BCUT2D eigenvalue weighted by Gasteiger charge is 2.18. The van der Waals surface area contributed by atoms with Gasteiger partial charge in [0.1, 0.15) is 10.0 Å². The van der Waals surface area contributed by atoms with Crippen LogP contribution in [0.2, 0.25) is 0 Å². The Morgan fingerprint density at radius 3 is 2.45 bits per heavy atom. The smallest absolute Gasteiger partial charge is 0.250 e. The van der Waals surface area contributed by atoms with Crippen LogP contribution in [0, 0.1) is 12.7 Å². The Labute approximate surface area is 120 Å². The minimum absolute atomic E-state index is 0.162. The number of benzene rings is 1. The molecule has 0 radical (unpaired) electrons. The van der Waals surface area contributed by atoms with E-state index in [4.69, 9.17) is 0 Å². The number of aliphatic hydroxyl groups excluding tert-OH is 1. The number of rotatable bonds is 5. The van der Waals surface area contributed by atoms with Crippen LogP contribution in [-0.4, -0.2) is 20.1 Å². The maximum Gasteiger partial charge on any atom is 0.250 e. The van der Waals surface area contributed by atoms with E-state index in [0.717, 1.165) is 16.2 Å². The molecular weight excluding hydrogens is 301 g/mol. The van der Waals surface area contributed by atoms with Crippen LogP contribution in [0.4, 0.5) is 4.39 Å². The summed E-state index contributed by atoms with van der Waals surface area (Å²) in [6, 6.07) is 8.51. The monoisotopic (exact) mass is 315 g/mol. The molecule has 1 aromatic carbocycles. The topological polar surface area (TPSA) is 66.4 Å². The second-order valence-electron chi connectivity index (χ2n) is 4.28. The van der Waals surface area contributed by atoms with Gasteiger partial charge in [0.2, 0.25) is 10.0 Å². The zero-order chi connectivity index (χ0) is 14.8. The van der Waals surface area contributed by atoms with Crippen molar-refractivity contribution < 1.29 is 17.9 Å². The molecule has 1 aromatic heterocycles. The van der Waals surface area contributed by atoms with Gasteiger partial charge in [0.15, 0.2) is 0 Å². The van der Waals surface area contributed by atoms with E-state index >= 15 is 0 Å². The van der Waals surface area contributed by atoms with Gasteiger partial charge in [0.25, 0.3) is 0 Å². The predicted molar refractivity (Wildman–Crippen MR) is 75.6 cm³/mol. The fourth-order valence-corrected chi connectivity index (χ4v) is 3.99. The standard InChI is InChI=1S/C13H14FNO3S2/c1-9-2-7-13(19-9)20(17,18)15-8-12(16)10-3-5-11(14)6-4-10/h2-7,12,15-16H,8H2,1H3. The first kappa shape index (κ1) is 15.1. The van der Waals surface area contributed by atoms with Crippen LogP contribution in [0.5, 0.6) is 0 Å². The first-order valence-electron chi connectivity index (χ1n) is 5.88. The van der Waals surface area contributed by atoms with E-state index in [-0.39, 0.29) is 10.8 Å². The van der Waals surface area contributed by atoms with Crippen LogP contribution in [-0.2, 0) is 10.0 Å². The van der Waals surface area contributed by atoms with Gasteiger partial charge < -0.3 is 5.11 Å². The van der Waals surface area contributed by atoms with Gasteiger partial charge in [0, 0.05) is 11.4 Å². The second-order valence-corrected chi connectivity index (χ2v) is 7.57. The van der Waals surface area contributed by atoms with Gasteiger partial charge in [-0.05, 0) is 36.8 Å². The minimum Gasteiger partial charge on any atom is -0.387 e. The van der Waals surface area contributed by atoms with Gasteiger partial charge >= 0.3 is 0 Å². The second kappa shape index (κ2) is 6.01. The van der Waals surface area contributed by atoms with E-state index in [1.54, 1.807) is 6.07 Å². The van der Waals surface area contributed by atoms with Gasteiger partial charge in [-0.3, -0.25) is 0 Å². The summed E-state index contributed by atoms with van der Waals surface area (Å²) >= 11 is 1.16. The Morgan fingerprint density at radius 1 is 1.25 bits per heavy atom. The third-order valence-electron chi connectivity index (χ3n) is 2.70. The van der Waals surface area contributed by atoms with Crippen molar-refractivity contribution in [3.05, 3.63) is 52.7 Å². The van der Waals surface area contributed by atoms with Gasteiger partial charge in [0.05, 0.1) is 6.10 Å². The van der Waals surface area contributed by atoms with E-state index < -0.39 is 21.9 Å². The van der Waals surface area contributed by atoms with Gasteiger partial charge in [-0.2, -0.15) is 0 Å². The van der Waals surface area contributed by atoms with Crippen molar-refractivity contribution in [2.75, 3.05) is 6.54 Å². The Bertz CT molecular complexity index is 680. The van der Waals surface area contributed by atoms with Crippen molar-refractivity contribution in [3.63, 3.8) is 0 Å². The lowest BCUT2D eigenvalue weighted by atomic mass is 10.1. The Balaban J connectivity index is 2.03. The van der Waals surface area contributed by atoms with Crippen LogP contribution in [0.3, 0.4) is 0 Å². The average Bonchev–Trinajstić information content (AvgIpc) is 2.84. The molecular formula is C13H14FNO3S2. The van der Waals surface area contributed by atoms with E-state index in [0.29, 0.717) is 5.56 Å². The van der Waals surface area contributed by atoms with Crippen molar-refractivity contribution in [1.29, 1.82) is 0 Å². The van der Waals surface area contributed by atoms with Crippen molar-refractivity contribution in [3.8, 4) is 0 Å². The molecule has 0 fully saturated rings. The number of halogens is 1. The molecule has 0 saturated heterocycles. The molecule has 4 nitrogen and oxygen atoms in total. The third-order valence-corrected chi connectivity index (χ3v) is 5.62. The van der Waals surface area contributed by atoms with Crippen LogP contribution >= 0.6 is 11.3 Å². The summed E-state index contributed by atoms with van der Waals surface area (Å²) in [5.41, 5.74) is 0.455. The fourth-order valence-electron chi connectivity index (χ4n) is 1.62. The molecule has 2 rings (SSSR count). The lowest BCUT2D eigenvalue weighted by Gasteiger charge is -2.12. The Hall–Kier alpha value is -1.28. The number of sulfonamides is 1. The van der Waals surface area contributed by atoms with Crippen LogP contribution < -0.4 is 4.72 Å². The number of nitrogens with one attached hydrogen (secondary N) is 1. The number of thiophene rings is 1. The molecule has 1 atom stereocenters. The molecule has 0 aliphatic carbocycles. The SMILES string of the molecule is Cc1ccc(S(=O)(=O)NCC(O)c2ccc(F)cc2)s1. The van der Waals surface area contributed by atoms with Gasteiger partial charge in [-0.25, -0.2) is 17.5 Å². The van der Waals surface area contributed by atoms with E-state index in [1.165, 1.54) is 30.3 Å². The number of aliphatic hydroxyl groups is 1. The predicted octanol–water partition coefficient (Wildman–Crippen LogP) is 2.21. The molecule has 0 aliphatic heterocycles. The third kappa shape index (κ3) is 3.63. The summed E-state index contributed by atoms with van der Waals surface area (Å²) in [5.74, 6) is -0.407. The van der Waals surface area contributed by atoms with Crippen LogP contribution in [0.25, 0.3) is 0 Å². The summed E-state index contributed by atoms with van der Waals surface area (Å²) in [6.07, 6.45) is -1.02. The lowest BCUT2D eigenvalue weighted by Crippen LogP contribution is -2.28. The molecule has 0 aliphatic rings. The summed E-state index contributed by atoms with van der Waals surface area (Å²) in [4.78, 5) is 0.893. The zero-order valence-electron chi connectivity index (χ0n) is 10.7. The molecule has 0 amide bonds. The maximum absolute atomic E-state index is 12.8. The lowest BCUT2D eigenvalue weighted by molar-refractivity contribution is 0.182. The van der Waals surface area contributed by atoms with Crippen LogP contribution in [0.1, 0.15) is 16.5 Å². The molecule has 7 heteroatoms. The van der Waals surface area contributed by atoms with Crippen molar-refractivity contribution >= 4 is 21.4 Å². The molecule has 2 N–H and O–H groups in total. The molecule has 1 heterocycles. The zero-order valence-corrected chi connectivity index (χ0v) is 12.3. The first-order chi connectivity index (χ1) is 9.38. The summed E-state index contributed by atoms with van der Waals surface area (Å²) in [5, 5.41) is 9.88. The fraction of sp³-hybridized carbons (Fsp3) is 0.231. The summed E-state index contributed by atoms with van der Waals surface area (Å²) in [7, 11) is -3.62. The molecule has 2 aromatic rings. The number of hydrogen-bond donors (Lipinski definition) is 2. The van der Waals surface area contributed by atoms with Gasteiger partial charge in [-0.15, -0.1) is 11.3 Å². The van der Waals surface area contributed by atoms with Crippen molar-refractivity contribution in [1.82, 2.24) is 4.72 Å². The van der Waals surface area contributed by atoms with E-state index in [1.807, 2.05) is 6.92 Å². The first-order valence-corrected chi connectivity index (χ1v) is 8.18. The highest BCUT2D eigenvalue weighted by Crippen LogP contribution is 2.21. The Morgan fingerprint density at radius 2 is 1.90 bits per heavy atom. The van der Waals surface area contributed by atoms with E-state index in [2.05, 4.69) is 4.72 Å². The molecule has 20 heavy (non-hydrogen) atoms. The highest BCUT2D eigenvalue weighted by molar-refractivity contribution is 7.91. The average molecular weight is 315 g/mol. The maximum atomic E-state index is 12.8. The summed E-state index contributed by atoms with van der Waals surface area (Å²) in [6.45, 7) is 1.65. The molecule has 108 valence electrons. The largest absolute Gasteiger partial charge is 0.387 e. The molecule has 0 spiro atoms. The van der Waals surface area contributed by atoms with Crippen molar-refractivity contribution in [2.24, 2.45) is 0 Å². The number of aryl methyl sites for hydroxylation is 1. The molecule has 0 bridgehead atoms. The quantitative estimate of drug-likeness (QED) is 0.889. The van der Waals surface area contributed by atoms with Crippen molar-refractivity contribution in [2.45, 2.75) is 17.2 Å². The number of hydrogen-bond acceptors (Lipinski definition) is 4. The minimum atomic E-state index is -3.62. The Kier molecular flexibility index (Phi) is 4.54. The molecule has 1 unspecified atom stereocenters. The normalized spacial score (nSPS) is 13.3.